The van der Waals surface area contributed by atoms with Gasteiger partial charge in [-0.05, 0) is 17.7 Å². The lowest BCUT2D eigenvalue weighted by atomic mass is 10.0. The number of rotatable bonds is 3. The molecular weight excluding hydrogens is 176 g/mol. The van der Waals surface area contributed by atoms with Gasteiger partial charge in [0.25, 0.3) is 0 Å². The van der Waals surface area contributed by atoms with Crippen molar-refractivity contribution < 1.29 is 13.6 Å². The molecule has 0 saturated heterocycles. The second kappa shape index (κ2) is 4.30. The summed E-state index contributed by atoms with van der Waals surface area (Å²) in [6.45, 7) is 2.10. The maximum absolute atomic E-state index is 12.7. The summed E-state index contributed by atoms with van der Waals surface area (Å²) in [5.74, 6) is 3.14. The summed E-state index contributed by atoms with van der Waals surface area (Å²) in [7, 11) is 0. The molecule has 0 aliphatic heterocycles. The van der Waals surface area contributed by atoms with Gasteiger partial charge >= 0.3 is 0 Å². The Morgan fingerprint density at radius 1 is 1.38 bits per heavy atom. The molecule has 0 amide bonds. The number of nitrogens with two attached hydrogens (primary N) is 1. The Morgan fingerprint density at radius 3 is 2.62 bits per heavy atom. The minimum atomic E-state index is -0.846. The number of benzene rings is 1. The van der Waals surface area contributed by atoms with Crippen LogP contribution in [-0.4, -0.2) is 6.61 Å². The highest BCUT2D eigenvalue weighted by molar-refractivity contribution is 5.21. The zero-order valence-corrected chi connectivity index (χ0v) is 7.26. The van der Waals surface area contributed by atoms with Crippen LogP contribution in [0.3, 0.4) is 0 Å². The molecule has 0 spiro atoms. The van der Waals surface area contributed by atoms with E-state index in [4.69, 9.17) is 5.90 Å². The van der Waals surface area contributed by atoms with Crippen LogP contribution in [0, 0.1) is 11.6 Å². The van der Waals surface area contributed by atoms with Crippen molar-refractivity contribution in [2.45, 2.75) is 12.8 Å². The molecule has 0 saturated carbocycles. The van der Waals surface area contributed by atoms with Crippen molar-refractivity contribution in [2.75, 3.05) is 6.61 Å². The summed E-state index contributed by atoms with van der Waals surface area (Å²) in [4.78, 5) is 4.41. The van der Waals surface area contributed by atoms with E-state index in [9.17, 15) is 8.78 Å². The van der Waals surface area contributed by atoms with E-state index >= 15 is 0 Å². The van der Waals surface area contributed by atoms with E-state index in [0.717, 1.165) is 12.1 Å². The van der Waals surface area contributed by atoms with Gasteiger partial charge < -0.3 is 4.84 Å². The molecule has 1 rings (SSSR count). The fraction of sp³-hybridized carbons (Fsp3) is 0.333. The van der Waals surface area contributed by atoms with Gasteiger partial charge in [-0.3, -0.25) is 0 Å². The molecule has 0 radical (unpaired) electrons. The minimum Gasteiger partial charge on any atom is -0.304 e. The molecule has 13 heavy (non-hydrogen) atoms. The van der Waals surface area contributed by atoms with E-state index in [0.29, 0.717) is 5.56 Å². The van der Waals surface area contributed by atoms with Crippen molar-refractivity contribution in [1.29, 1.82) is 0 Å². The normalized spacial score (nSPS) is 12.9. The van der Waals surface area contributed by atoms with Gasteiger partial charge in [-0.25, -0.2) is 14.7 Å². The van der Waals surface area contributed by atoms with E-state index in [1.165, 1.54) is 6.07 Å². The zero-order valence-electron chi connectivity index (χ0n) is 7.26. The summed E-state index contributed by atoms with van der Waals surface area (Å²) < 4.78 is 25.2. The third kappa shape index (κ3) is 2.47. The van der Waals surface area contributed by atoms with Crippen LogP contribution in [0.1, 0.15) is 18.4 Å². The molecule has 0 aliphatic carbocycles. The maximum atomic E-state index is 12.7. The van der Waals surface area contributed by atoms with Gasteiger partial charge in [0.2, 0.25) is 0 Å². The van der Waals surface area contributed by atoms with Crippen LogP contribution >= 0.6 is 0 Å². The molecule has 0 bridgehead atoms. The first-order valence-electron chi connectivity index (χ1n) is 3.91. The largest absolute Gasteiger partial charge is 0.304 e. The smallest absolute Gasteiger partial charge is 0.159 e. The SMILES string of the molecule is CC(CON)c1ccc(F)c(F)c1. The molecule has 2 nitrogen and oxygen atoms in total. The van der Waals surface area contributed by atoms with Gasteiger partial charge in [0.05, 0.1) is 6.61 Å². The van der Waals surface area contributed by atoms with E-state index in [1.807, 2.05) is 6.92 Å². The van der Waals surface area contributed by atoms with Crippen LogP contribution < -0.4 is 5.90 Å². The second-order valence-electron chi connectivity index (χ2n) is 2.91. The van der Waals surface area contributed by atoms with E-state index in [2.05, 4.69) is 4.84 Å². The predicted molar refractivity (Wildman–Crippen MR) is 44.9 cm³/mol. The summed E-state index contributed by atoms with van der Waals surface area (Å²) >= 11 is 0. The van der Waals surface area contributed by atoms with Crippen molar-refractivity contribution in [2.24, 2.45) is 5.90 Å². The Bertz CT molecular complexity index is 291. The van der Waals surface area contributed by atoms with Crippen LogP contribution in [0.5, 0.6) is 0 Å². The first-order valence-corrected chi connectivity index (χ1v) is 3.91. The Hall–Kier alpha value is -1.00. The van der Waals surface area contributed by atoms with E-state index in [-0.39, 0.29) is 12.5 Å². The molecule has 4 heteroatoms. The van der Waals surface area contributed by atoms with Crippen molar-refractivity contribution >= 4 is 0 Å². The van der Waals surface area contributed by atoms with Crippen molar-refractivity contribution in [3.63, 3.8) is 0 Å². The second-order valence-corrected chi connectivity index (χ2v) is 2.91. The Kier molecular flexibility index (Phi) is 3.33. The average molecular weight is 187 g/mol. The third-order valence-electron chi connectivity index (χ3n) is 1.86. The molecular formula is C9H11F2NO. The quantitative estimate of drug-likeness (QED) is 0.734. The number of halogens is 2. The molecule has 0 fully saturated rings. The highest BCUT2D eigenvalue weighted by atomic mass is 19.2. The van der Waals surface area contributed by atoms with Crippen molar-refractivity contribution in [3.05, 3.63) is 35.4 Å². The van der Waals surface area contributed by atoms with Crippen LogP contribution in [0.2, 0.25) is 0 Å². The lowest BCUT2D eigenvalue weighted by Crippen LogP contribution is -2.08. The molecule has 1 unspecified atom stereocenters. The molecule has 1 atom stereocenters. The standard InChI is InChI=1S/C9H11F2NO/c1-6(5-13-12)7-2-3-8(10)9(11)4-7/h2-4,6H,5,12H2,1H3. The summed E-state index contributed by atoms with van der Waals surface area (Å²) in [5.41, 5.74) is 0.671. The first-order chi connectivity index (χ1) is 6.15. The molecule has 0 heterocycles. The molecule has 0 aliphatic rings. The lowest BCUT2D eigenvalue weighted by Gasteiger charge is -2.09. The van der Waals surface area contributed by atoms with Gasteiger partial charge in [-0.15, -0.1) is 0 Å². The van der Waals surface area contributed by atoms with Crippen molar-refractivity contribution in [1.82, 2.24) is 0 Å². The van der Waals surface area contributed by atoms with Gasteiger partial charge in [0.1, 0.15) is 0 Å². The van der Waals surface area contributed by atoms with Crippen molar-refractivity contribution in [3.8, 4) is 0 Å². The Morgan fingerprint density at radius 2 is 2.08 bits per heavy atom. The number of hydrogen-bond acceptors (Lipinski definition) is 2. The minimum absolute atomic E-state index is 0.0416. The predicted octanol–water partition coefficient (Wildman–Crippen LogP) is 1.96. The maximum Gasteiger partial charge on any atom is 0.159 e. The lowest BCUT2D eigenvalue weighted by molar-refractivity contribution is 0.126. The fourth-order valence-corrected chi connectivity index (χ4v) is 1.06. The topological polar surface area (TPSA) is 35.2 Å². The fourth-order valence-electron chi connectivity index (χ4n) is 1.06. The van der Waals surface area contributed by atoms with Crippen LogP contribution in [0.4, 0.5) is 8.78 Å². The van der Waals surface area contributed by atoms with E-state index in [1.54, 1.807) is 0 Å². The third-order valence-corrected chi connectivity index (χ3v) is 1.86. The van der Waals surface area contributed by atoms with Crippen LogP contribution in [-0.2, 0) is 4.84 Å². The number of hydrogen-bond donors (Lipinski definition) is 1. The zero-order chi connectivity index (χ0) is 9.84. The van der Waals surface area contributed by atoms with E-state index < -0.39 is 11.6 Å². The van der Waals surface area contributed by atoms with Crippen LogP contribution in [0.25, 0.3) is 0 Å². The molecule has 0 aromatic heterocycles. The highest BCUT2D eigenvalue weighted by Crippen LogP contribution is 2.17. The van der Waals surface area contributed by atoms with Gasteiger partial charge in [-0.2, -0.15) is 0 Å². The van der Waals surface area contributed by atoms with Gasteiger partial charge in [0, 0.05) is 5.92 Å². The Balaban J connectivity index is 2.84. The average Bonchev–Trinajstić information content (AvgIpc) is 2.10. The highest BCUT2D eigenvalue weighted by Gasteiger charge is 2.08. The monoisotopic (exact) mass is 187 g/mol. The van der Waals surface area contributed by atoms with Crippen LogP contribution in [0.15, 0.2) is 18.2 Å². The molecule has 1 aromatic carbocycles. The molecule has 2 N–H and O–H groups in total. The molecule has 72 valence electrons. The summed E-state index contributed by atoms with van der Waals surface area (Å²) in [6.07, 6.45) is 0. The Labute approximate surface area is 75.3 Å². The summed E-state index contributed by atoms with van der Waals surface area (Å²) in [5, 5.41) is 0. The van der Waals surface area contributed by atoms with Gasteiger partial charge in [0.15, 0.2) is 11.6 Å². The summed E-state index contributed by atoms with van der Waals surface area (Å²) in [6, 6.07) is 3.76. The van der Waals surface area contributed by atoms with Gasteiger partial charge in [-0.1, -0.05) is 13.0 Å². The molecule has 1 aromatic rings. The first kappa shape index (κ1) is 10.1.